The Morgan fingerprint density at radius 2 is 1.73 bits per heavy atom. The van der Waals surface area contributed by atoms with Crippen LogP contribution in [0.2, 0.25) is 0 Å². The zero-order chi connectivity index (χ0) is 23.2. The van der Waals surface area contributed by atoms with Crippen LogP contribution in [0.3, 0.4) is 0 Å². The average molecular weight is 463 g/mol. The second kappa shape index (κ2) is 10.2. The van der Waals surface area contributed by atoms with Crippen molar-refractivity contribution in [3.63, 3.8) is 0 Å². The van der Waals surface area contributed by atoms with Crippen LogP contribution >= 0.6 is 11.8 Å². The quantitative estimate of drug-likeness (QED) is 0.414. The zero-order valence-corrected chi connectivity index (χ0v) is 18.8. The van der Waals surface area contributed by atoms with Crippen molar-refractivity contribution in [3.05, 3.63) is 78.4 Å². The molecule has 7 nitrogen and oxygen atoms in total. The fourth-order valence-corrected chi connectivity index (χ4v) is 4.36. The average Bonchev–Trinajstić information content (AvgIpc) is 2.84. The van der Waals surface area contributed by atoms with E-state index in [1.807, 2.05) is 24.3 Å². The Balaban J connectivity index is 1.32. The number of nitrogens with zero attached hydrogens (tertiary/aromatic N) is 1. The molecule has 1 heterocycles. The standard InChI is InChI=1S/C25H22N2O5S/c1-31-21-8-4-2-6-19(21)25(30)26-17-10-12-18(13-11-17)32-24(29)14-15-27-20-7-3-5-9-22(20)33-16-23(27)28/h2-13H,14-16H2,1H3,(H,26,30). The van der Waals surface area contributed by atoms with Gasteiger partial charge in [0.2, 0.25) is 5.91 Å². The first kappa shape index (κ1) is 22.4. The highest BCUT2D eigenvalue weighted by Crippen LogP contribution is 2.35. The van der Waals surface area contributed by atoms with Gasteiger partial charge in [0.1, 0.15) is 11.5 Å². The molecule has 0 aromatic heterocycles. The summed E-state index contributed by atoms with van der Waals surface area (Å²) < 4.78 is 10.6. The Labute approximate surface area is 195 Å². The van der Waals surface area contributed by atoms with Crippen molar-refractivity contribution in [1.29, 1.82) is 0 Å². The van der Waals surface area contributed by atoms with Gasteiger partial charge in [0, 0.05) is 17.1 Å². The van der Waals surface area contributed by atoms with Crippen LogP contribution in [0, 0.1) is 0 Å². The molecule has 0 saturated carbocycles. The summed E-state index contributed by atoms with van der Waals surface area (Å²) in [5.74, 6) is 0.423. The van der Waals surface area contributed by atoms with Gasteiger partial charge in [-0.05, 0) is 48.5 Å². The molecule has 3 aromatic carbocycles. The first-order chi connectivity index (χ1) is 16.0. The van der Waals surface area contributed by atoms with Crippen molar-refractivity contribution >= 4 is 40.9 Å². The highest BCUT2D eigenvalue weighted by Gasteiger charge is 2.25. The van der Waals surface area contributed by atoms with Gasteiger partial charge in [-0.1, -0.05) is 24.3 Å². The van der Waals surface area contributed by atoms with Crippen LogP contribution < -0.4 is 19.7 Å². The number of amides is 2. The number of methoxy groups -OCH3 is 1. The summed E-state index contributed by atoms with van der Waals surface area (Å²) in [7, 11) is 1.51. The zero-order valence-electron chi connectivity index (χ0n) is 17.9. The highest BCUT2D eigenvalue weighted by atomic mass is 32.2. The lowest BCUT2D eigenvalue weighted by atomic mass is 10.2. The SMILES string of the molecule is COc1ccccc1C(=O)Nc1ccc(OC(=O)CCN2C(=O)CSc3ccccc32)cc1. The molecule has 0 spiro atoms. The highest BCUT2D eigenvalue weighted by molar-refractivity contribution is 8.00. The number of thioether (sulfide) groups is 1. The number of benzene rings is 3. The molecule has 0 unspecified atom stereocenters. The minimum Gasteiger partial charge on any atom is -0.496 e. The molecule has 3 aromatic rings. The van der Waals surface area contributed by atoms with Crippen molar-refractivity contribution in [2.24, 2.45) is 0 Å². The van der Waals surface area contributed by atoms with Gasteiger partial charge < -0.3 is 19.7 Å². The number of carbonyl (C=O) groups is 3. The summed E-state index contributed by atoms with van der Waals surface area (Å²) in [6, 6.07) is 21.1. The summed E-state index contributed by atoms with van der Waals surface area (Å²) in [5.41, 5.74) is 1.79. The van der Waals surface area contributed by atoms with Crippen molar-refractivity contribution in [1.82, 2.24) is 0 Å². The Bertz CT molecular complexity index is 1180. The third-order valence-corrected chi connectivity index (χ3v) is 6.09. The summed E-state index contributed by atoms with van der Waals surface area (Å²) in [6.07, 6.45) is 0.0665. The summed E-state index contributed by atoms with van der Waals surface area (Å²) in [6.45, 7) is 0.252. The number of para-hydroxylation sites is 2. The smallest absolute Gasteiger partial charge is 0.312 e. The molecular formula is C25H22N2O5S. The molecule has 1 N–H and O–H groups in total. The molecular weight excluding hydrogens is 440 g/mol. The van der Waals surface area contributed by atoms with Gasteiger partial charge in [-0.25, -0.2) is 0 Å². The molecule has 1 aliphatic heterocycles. The molecule has 0 atom stereocenters. The molecule has 4 rings (SSSR count). The first-order valence-electron chi connectivity index (χ1n) is 10.3. The van der Waals surface area contributed by atoms with Crippen molar-refractivity contribution in [2.45, 2.75) is 11.3 Å². The lowest BCUT2D eigenvalue weighted by Crippen LogP contribution is -2.37. The van der Waals surface area contributed by atoms with E-state index in [2.05, 4.69) is 5.32 Å². The maximum atomic E-state index is 12.5. The molecule has 0 saturated heterocycles. The maximum Gasteiger partial charge on any atom is 0.312 e. The number of rotatable bonds is 7. The molecule has 1 aliphatic rings. The number of hydrogen-bond acceptors (Lipinski definition) is 6. The molecule has 0 fully saturated rings. The molecule has 2 amide bonds. The number of ether oxygens (including phenoxy) is 2. The van der Waals surface area contributed by atoms with Gasteiger partial charge in [0.25, 0.3) is 5.91 Å². The molecule has 0 radical (unpaired) electrons. The minimum absolute atomic E-state index is 0.0263. The third kappa shape index (κ3) is 5.35. The molecule has 0 bridgehead atoms. The topological polar surface area (TPSA) is 84.9 Å². The Kier molecular flexibility index (Phi) is 6.95. The van der Waals surface area contributed by atoms with Crippen molar-refractivity contribution < 1.29 is 23.9 Å². The van der Waals surface area contributed by atoms with Crippen LogP contribution in [0.1, 0.15) is 16.8 Å². The number of fused-ring (bicyclic) bond motifs is 1. The lowest BCUT2D eigenvalue weighted by molar-refractivity contribution is -0.134. The minimum atomic E-state index is -0.440. The predicted octanol–water partition coefficient (Wildman–Crippen LogP) is 4.38. The number of carbonyl (C=O) groups excluding carboxylic acids is 3. The van der Waals surface area contributed by atoms with Gasteiger partial charge in [-0.2, -0.15) is 0 Å². The van der Waals surface area contributed by atoms with E-state index in [0.29, 0.717) is 28.5 Å². The fourth-order valence-electron chi connectivity index (χ4n) is 3.42. The Morgan fingerprint density at radius 3 is 2.52 bits per heavy atom. The number of anilines is 2. The molecule has 8 heteroatoms. The van der Waals surface area contributed by atoms with E-state index >= 15 is 0 Å². The van der Waals surface area contributed by atoms with E-state index in [1.165, 1.54) is 18.9 Å². The number of hydrogen-bond donors (Lipinski definition) is 1. The van der Waals surface area contributed by atoms with E-state index in [0.717, 1.165) is 10.6 Å². The Morgan fingerprint density at radius 1 is 1.00 bits per heavy atom. The van der Waals surface area contributed by atoms with Gasteiger partial charge in [-0.3, -0.25) is 14.4 Å². The summed E-state index contributed by atoms with van der Waals surface area (Å²) in [5, 5.41) is 2.79. The molecule has 33 heavy (non-hydrogen) atoms. The first-order valence-corrected chi connectivity index (χ1v) is 11.3. The van der Waals surface area contributed by atoms with Gasteiger partial charge in [0.15, 0.2) is 0 Å². The number of nitrogens with one attached hydrogen (secondary N) is 1. The molecule has 168 valence electrons. The van der Waals surface area contributed by atoms with E-state index in [4.69, 9.17) is 9.47 Å². The van der Waals surface area contributed by atoms with E-state index in [1.54, 1.807) is 53.4 Å². The lowest BCUT2D eigenvalue weighted by Gasteiger charge is -2.28. The molecule has 0 aliphatic carbocycles. The van der Waals surface area contributed by atoms with Crippen LogP contribution in [0.25, 0.3) is 0 Å². The van der Waals surface area contributed by atoms with Crippen LogP contribution in [-0.2, 0) is 9.59 Å². The van der Waals surface area contributed by atoms with E-state index in [-0.39, 0.29) is 24.8 Å². The van der Waals surface area contributed by atoms with Gasteiger partial charge in [-0.15, -0.1) is 11.8 Å². The van der Waals surface area contributed by atoms with Gasteiger partial charge >= 0.3 is 5.97 Å². The van der Waals surface area contributed by atoms with E-state index < -0.39 is 5.97 Å². The summed E-state index contributed by atoms with van der Waals surface area (Å²) >= 11 is 1.50. The van der Waals surface area contributed by atoms with Crippen molar-refractivity contribution in [3.8, 4) is 11.5 Å². The van der Waals surface area contributed by atoms with Crippen molar-refractivity contribution in [2.75, 3.05) is 29.6 Å². The predicted molar refractivity (Wildman–Crippen MR) is 127 cm³/mol. The van der Waals surface area contributed by atoms with Gasteiger partial charge in [0.05, 0.1) is 30.5 Å². The normalized spacial score (nSPS) is 12.6. The largest absolute Gasteiger partial charge is 0.496 e. The monoisotopic (exact) mass is 462 g/mol. The second-order valence-corrected chi connectivity index (χ2v) is 8.22. The second-order valence-electron chi connectivity index (χ2n) is 7.20. The van der Waals surface area contributed by atoms with Crippen LogP contribution in [0.4, 0.5) is 11.4 Å². The summed E-state index contributed by atoms with van der Waals surface area (Å²) in [4.78, 5) is 39.8. The number of esters is 1. The maximum absolute atomic E-state index is 12.5. The fraction of sp³-hybridized carbons (Fsp3) is 0.160. The van der Waals surface area contributed by atoms with Crippen LogP contribution in [0.15, 0.2) is 77.7 Å². The third-order valence-electron chi connectivity index (χ3n) is 5.04. The van der Waals surface area contributed by atoms with Crippen LogP contribution in [-0.4, -0.2) is 37.2 Å². The Hall–Kier alpha value is -3.78. The van der Waals surface area contributed by atoms with Crippen LogP contribution in [0.5, 0.6) is 11.5 Å². The van der Waals surface area contributed by atoms with E-state index in [9.17, 15) is 14.4 Å².